The molecule has 2 aromatic carbocycles. The summed E-state index contributed by atoms with van der Waals surface area (Å²) in [6.07, 6.45) is 5.55. The van der Waals surface area contributed by atoms with Gasteiger partial charge in [-0.05, 0) is 41.9 Å². The van der Waals surface area contributed by atoms with E-state index in [9.17, 15) is 15.0 Å². The van der Waals surface area contributed by atoms with Crippen LogP contribution >= 0.6 is 11.6 Å². The molecule has 3 rings (SSSR count). The Labute approximate surface area is 196 Å². The van der Waals surface area contributed by atoms with Crippen molar-refractivity contribution in [3.05, 3.63) is 71.3 Å². The van der Waals surface area contributed by atoms with Gasteiger partial charge in [-0.3, -0.25) is 4.79 Å². The van der Waals surface area contributed by atoms with Crippen molar-refractivity contribution in [2.75, 3.05) is 7.11 Å². The van der Waals surface area contributed by atoms with Crippen molar-refractivity contribution in [1.82, 2.24) is 0 Å². The highest BCUT2D eigenvalue weighted by Crippen LogP contribution is 2.45. The van der Waals surface area contributed by atoms with Gasteiger partial charge in [-0.1, -0.05) is 73.9 Å². The molecule has 32 heavy (non-hydrogen) atoms. The molecule has 0 heterocycles. The second-order valence-corrected chi connectivity index (χ2v) is 9.47. The summed E-state index contributed by atoms with van der Waals surface area (Å²) in [5.74, 6) is 0.0994. The number of carbonyl (C=O) groups is 1. The lowest BCUT2D eigenvalue weighted by molar-refractivity contribution is -0.140. The van der Waals surface area contributed by atoms with Gasteiger partial charge in [0.1, 0.15) is 0 Å². The molecule has 0 radical (unpaired) electrons. The predicted molar refractivity (Wildman–Crippen MR) is 128 cm³/mol. The number of alkyl halides is 1. The maximum atomic E-state index is 11.2. The topological polar surface area (TPSA) is 66.8 Å². The first kappa shape index (κ1) is 24.8. The number of unbranched alkanes of at least 4 members (excludes halogenated alkanes) is 3. The Hall–Kier alpha value is -1.88. The maximum Gasteiger partial charge on any atom is 0.305 e. The van der Waals surface area contributed by atoms with Crippen molar-refractivity contribution in [3.63, 3.8) is 0 Å². The minimum absolute atomic E-state index is 0.0212. The number of aliphatic hydroxyl groups is 2. The number of ether oxygens (including phenoxy) is 1. The van der Waals surface area contributed by atoms with Crippen molar-refractivity contribution in [2.45, 2.75) is 74.9 Å². The summed E-state index contributed by atoms with van der Waals surface area (Å²) >= 11 is 6.63. The second-order valence-electron chi connectivity index (χ2n) is 8.91. The van der Waals surface area contributed by atoms with E-state index < -0.39 is 12.2 Å². The normalized spacial score (nSPS) is 23.8. The highest BCUT2D eigenvalue weighted by atomic mass is 35.5. The van der Waals surface area contributed by atoms with Crippen LogP contribution in [-0.4, -0.2) is 34.8 Å². The SMILES string of the molecule is COC(=O)CCCCCC[C@@H]1[C@@H](c2ccc(C(O)Cc3ccccc3)cc2)[C@H](O)C[C@@H]1Cl. The van der Waals surface area contributed by atoms with Crippen molar-refractivity contribution >= 4 is 17.6 Å². The summed E-state index contributed by atoms with van der Waals surface area (Å²) in [6, 6.07) is 18.0. The van der Waals surface area contributed by atoms with Crippen LogP contribution in [0.25, 0.3) is 0 Å². The van der Waals surface area contributed by atoms with Crippen LogP contribution in [0, 0.1) is 5.92 Å². The Balaban J connectivity index is 1.55. The lowest BCUT2D eigenvalue weighted by Crippen LogP contribution is -2.19. The summed E-state index contributed by atoms with van der Waals surface area (Å²) in [5, 5.41) is 21.3. The summed E-state index contributed by atoms with van der Waals surface area (Å²) in [7, 11) is 1.42. The van der Waals surface area contributed by atoms with Crippen LogP contribution in [0.5, 0.6) is 0 Å². The van der Waals surface area contributed by atoms with E-state index >= 15 is 0 Å². The summed E-state index contributed by atoms with van der Waals surface area (Å²) in [6.45, 7) is 0. The van der Waals surface area contributed by atoms with Crippen LogP contribution < -0.4 is 0 Å². The monoisotopic (exact) mass is 458 g/mol. The van der Waals surface area contributed by atoms with Crippen molar-refractivity contribution in [3.8, 4) is 0 Å². The molecule has 1 fully saturated rings. The Bertz CT molecular complexity index is 823. The predicted octanol–water partition coefficient (Wildman–Crippen LogP) is 5.55. The van der Waals surface area contributed by atoms with Gasteiger partial charge in [-0.15, -0.1) is 11.6 Å². The molecule has 0 spiro atoms. The number of hydrogen-bond acceptors (Lipinski definition) is 4. The first-order chi connectivity index (χ1) is 15.5. The highest BCUT2D eigenvalue weighted by molar-refractivity contribution is 6.21. The van der Waals surface area contributed by atoms with Gasteiger partial charge >= 0.3 is 5.97 Å². The van der Waals surface area contributed by atoms with Crippen molar-refractivity contribution < 1.29 is 19.7 Å². The van der Waals surface area contributed by atoms with Gasteiger partial charge in [-0.2, -0.15) is 0 Å². The molecule has 4 nitrogen and oxygen atoms in total. The first-order valence-corrected chi connectivity index (χ1v) is 12.1. The van der Waals surface area contributed by atoms with Gasteiger partial charge in [0.25, 0.3) is 0 Å². The average molecular weight is 459 g/mol. The second kappa shape index (κ2) is 12.4. The summed E-state index contributed by atoms with van der Waals surface area (Å²) < 4.78 is 4.68. The number of esters is 1. The zero-order chi connectivity index (χ0) is 22.9. The molecule has 174 valence electrons. The molecule has 0 amide bonds. The smallest absolute Gasteiger partial charge is 0.305 e. The fourth-order valence-corrected chi connectivity index (χ4v) is 5.36. The minimum atomic E-state index is -0.554. The van der Waals surface area contributed by atoms with E-state index in [1.165, 1.54) is 7.11 Å². The van der Waals surface area contributed by atoms with E-state index in [1.807, 2.05) is 54.6 Å². The average Bonchev–Trinajstić information content (AvgIpc) is 3.09. The quantitative estimate of drug-likeness (QED) is 0.263. The summed E-state index contributed by atoms with van der Waals surface area (Å²) in [4.78, 5) is 11.2. The van der Waals surface area contributed by atoms with Gasteiger partial charge in [0.15, 0.2) is 0 Å². The van der Waals surface area contributed by atoms with Gasteiger partial charge in [0, 0.05) is 24.1 Å². The Morgan fingerprint density at radius 2 is 1.75 bits per heavy atom. The van der Waals surface area contributed by atoms with Crippen molar-refractivity contribution in [2.24, 2.45) is 5.92 Å². The van der Waals surface area contributed by atoms with Crippen LogP contribution in [0.3, 0.4) is 0 Å². The van der Waals surface area contributed by atoms with Crippen LogP contribution in [0.4, 0.5) is 0 Å². The molecule has 5 heteroatoms. The van der Waals surface area contributed by atoms with Gasteiger partial charge in [-0.25, -0.2) is 0 Å². The van der Waals surface area contributed by atoms with E-state index in [0.717, 1.165) is 48.8 Å². The molecule has 2 N–H and O–H groups in total. The standard InChI is InChI=1S/C27H35ClO4/c1-32-26(31)12-8-3-2-7-11-22-23(28)18-25(30)27(22)21-15-13-20(14-16-21)24(29)17-19-9-5-4-6-10-19/h4-6,9-10,13-16,22-25,27,29-30H,2-3,7-8,11-12,17-18H2,1H3/t22-,23-,24?,25+,27+/m0/s1. The molecular weight excluding hydrogens is 424 g/mol. The number of hydrogen-bond donors (Lipinski definition) is 2. The Morgan fingerprint density at radius 1 is 1.06 bits per heavy atom. The van der Waals surface area contributed by atoms with E-state index in [2.05, 4.69) is 4.74 Å². The molecule has 1 aliphatic rings. The Kier molecular flexibility index (Phi) is 9.58. The molecule has 0 saturated heterocycles. The number of halogens is 1. The van der Waals surface area contributed by atoms with Crippen LogP contribution in [0.2, 0.25) is 0 Å². The first-order valence-electron chi connectivity index (χ1n) is 11.7. The van der Waals surface area contributed by atoms with Gasteiger partial charge in [0.2, 0.25) is 0 Å². The van der Waals surface area contributed by atoms with Crippen LogP contribution in [0.1, 0.15) is 73.7 Å². The molecule has 1 saturated carbocycles. The number of carbonyl (C=O) groups excluding carboxylic acids is 1. The fourth-order valence-electron chi connectivity index (χ4n) is 4.89. The number of rotatable bonds is 11. The molecule has 1 aliphatic carbocycles. The molecule has 0 aliphatic heterocycles. The Morgan fingerprint density at radius 3 is 2.44 bits per heavy atom. The third-order valence-electron chi connectivity index (χ3n) is 6.68. The van der Waals surface area contributed by atoms with Gasteiger partial charge < -0.3 is 14.9 Å². The lowest BCUT2D eigenvalue weighted by Gasteiger charge is -2.24. The number of benzene rings is 2. The third-order valence-corrected chi connectivity index (χ3v) is 7.18. The molecule has 2 aromatic rings. The number of methoxy groups -OCH3 is 1. The fraction of sp³-hybridized carbons (Fsp3) is 0.519. The van der Waals surface area contributed by atoms with E-state index in [4.69, 9.17) is 11.6 Å². The van der Waals surface area contributed by atoms with E-state index in [1.54, 1.807) is 0 Å². The largest absolute Gasteiger partial charge is 0.469 e. The van der Waals surface area contributed by atoms with E-state index in [-0.39, 0.29) is 23.2 Å². The highest BCUT2D eigenvalue weighted by Gasteiger charge is 2.41. The zero-order valence-electron chi connectivity index (χ0n) is 18.8. The van der Waals surface area contributed by atoms with Crippen LogP contribution in [0.15, 0.2) is 54.6 Å². The van der Waals surface area contributed by atoms with Crippen LogP contribution in [-0.2, 0) is 16.0 Å². The molecule has 0 bridgehead atoms. The lowest BCUT2D eigenvalue weighted by atomic mass is 9.83. The summed E-state index contributed by atoms with van der Waals surface area (Å²) in [5.41, 5.74) is 3.08. The van der Waals surface area contributed by atoms with E-state index in [0.29, 0.717) is 19.3 Å². The molecule has 1 unspecified atom stereocenters. The minimum Gasteiger partial charge on any atom is -0.469 e. The van der Waals surface area contributed by atoms with Crippen molar-refractivity contribution in [1.29, 1.82) is 0 Å². The van der Waals surface area contributed by atoms with Gasteiger partial charge in [0.05, 0.1) is 19.3 Å². The molecular formula is C27H35ClO4. The number of aliphatic hydroxyl groups excluding tert-OH is 2. The maximum absolute atomic E-state index is 11.2. The zero-order valence-corrected chi connectivity index (χ0v) is 19.6. The molecule has 0 aromatic heterocycles. The third kappa shape index (κ3) is 6.81. The molecule has 5 atom stereocenters.